The van der Waals surface area contributed by atoms with Gasteiger partial charge in [0.25, 0.3) is 0 Å². The lowest BCUT2D eigenvalue weighted by Crippen LogP contribution is -1.95. The zero-order valence-corrected chi connectivity index (χ0v) is 8.09. The molecular weight excluding hydrogens is 167 g/mol. The quantitative estimate of drug-likeness (QED) is 0.694. The highest BCUT2D eigenvalue weighted by Crippen LogP contribution is 2.16. The Hall–Kier alpha value is -1.05. The third kappa shape index (κ3) is 3.45. The Kier molecular flexibility index (Phi) is 3.74. The van der Waals surface area contributed by atoms with Gasteiger partial charge in [-0.15, -0.1) is 0 Å². The maximum absolute atomic E-state index is 11.9. The van der Waals surface area contributed by atoms with Crippen molar-refractivity contribution >= 4 is 0 Å². The fourth-order valence-corrected chi connectivity index (χ4v) is 1.30. The van der Waals surface area contributed by atoms with E-state index in [1.165, 1.54) is 5.56 Å². The topological polar surface area (TPSA) is 9.23 Å². The van der Waals surface area contributed by atoms with Crippen molar-refractivity contribution in [2.75, 3.05) is 6.86 Å². The average molecular weight is 182 g/mol. The number of alkyl halides is 1. The van der Waals surface area contributed by atoms with Crippen molar-refractivity contribution in [3.63, 3.8) is 0 Å². The van der Waals surface area contributed by atoms with Gasteiger partial charge in [0.1, 0.15) is 5.75 Å². The largest absolute Gasteiger partial charge is 0.463 e. The Labute approximate surface area is 78.5 Å². The first kappa shape index (κ1) is 10.0. The molecule has 1 aromatic carbocycles. The van der Waals surface area contributed by atoms with Gasteiger partial charge in [-0.2, -0.15) is 0 Å². The van der Waals surface area contributed by atoms with Gasteiger partial charge in [0.15, 0.2) is 0 Å². The molecule has 0 fully saturated rings. The van der Waals surface area contributed by atoms with Crippen LogP contribution in [0, 0.1) is 5.92 Å². The van der Waals surface area contributed by atoms with Crippen LogP contribution in [0.15, 0.2) is 24.3 Å². The lowest BCUT2D eigenvalue weighted by Gasteiger charge is -2.06. The van der Waals surface area contributed by atoms with Gasteiger partial charge in [-0.3, -0.25) is 0 Å². The van der Waals surface area contributed by atoms with Crippen molar-refractivity contribution in [2.45, 2.75) is 20.3 Å². The minimum Gasteiger partial charge on any atom is -0.463 e. The van der Waals surface area contributed by atoms with Crippen LogP contribution in [0.1, 0.15) is 19.4 Å². The van der Waals surface area contributed by atoms with Gasteiger partial charge in [-0.1, -0.05) is 26.0 Å². The van der Waals surface area contributed by atoms with Crippen LogP contribution in [-0.4, -0.2) is 6.86 Å². The average Bonchev–Trinajstić information content (AvgIpc) is 2.04. The zero-order valence-electron chi connectivity index (χ0n) is 8.09. The molecule has 0 saturated heterocycles. The first-order valence-corrected chi connectivity index (χ1v) is 4.50. The van der Waals surface area contributed by atoms with E-state index < -0.39 is 6.86 Å². The lowest BCUT2D eigenvalue weighted by atomic mass is 10.0. The van der Waals surface area contributed by atoms with Gasteiger partial charge in [0.05, 0.1) is 0 Å². The van der Waals surface area contributed by atoms with Crippen LogP contribution in [0.4, 0.5) is 4.39 Å². The van der Waals surface area contributed by atoms with Crippen molar-refractivity contribution in [1.29, 1.82) is 0 Å². The minimum atomic E-state index is -0.759. The van der Waals surface area contributed by atoms with E-state index in [9.17, 15) is 4.39 Å². The fraction of sp³-hybridized carbons (Fsp3) is 0.455. The zero-order chi connectivity index (χ0) is 9.68. The smallest absolute Gasteiger partial charge is 0.228 e. The summed E-state index contributed by atoms with van der Waals surface area (Å²) in [5, 5.41) is 0. The summed E-state index contributed by atoms with van der Waals surface area (Å²) in [4.78, 5) is 0. The van der Waals surface area contributed by atoms with Crippen LogP contribution in [-0.2, 0) is 6.42 Å². The number of benzene rings is 1. The maximum atomic E-state index is 11.9. The summed E-state index contributed by atoms with van der Waals surface area (Å²) in [5.41, 5.74) is 1.20. The fourth-order valence-electron chi connectivity index (χ4n) is 1.30. The molecule has 0 amide bonds. The molecule has 0 aliphatic heterocycles. The molecule has 0 aliphatic rings. The lowest BCUT2D eigenvalue weighted by molar-refractivity contribution is 0.191. The monoisotopic (exact) mass is 182 g/mol. The van der Waals surface area contributed by atoms with Crippen LogP contribution >= 0.6 is 0 Å². The molecule has 0 unspecified atom stereocenters. The van der Waals surface area contributed by atoms with Crippen LogP contribution in [0.5, 0.6) is 5.75 Å². The Morgan fingerprint density at radius 1 is 1.38 bits per heavy atom. The van der Waals surface area contributed by atoms with Gasteiger partial charge < -0.3 is 4.74 Å². The Balaban J connectivity index is 2.67. The summed E-state index contributed by atoms with van der Waals surface area (Å²) in [5.74, 6) is 1.22. The molecule has 1 aromatic rings. The first-order valence-electron chi connectivity index (χ1n) is 4.50. The van der Waals surface area contributed by atoms with E-state index in [0.717, 1.165) is 6.42 Å². The summed E-state index contributed by atoms with van der Waals surface area (Å²) >= 11 is 0. The summed E-state index contributed by atoms with van der Waals surface area (Å²) in [7, 11) is 0. The van der Waals surface area contributed by atoms with Crippen LogP contribution < -0.4 is 4.74 Å². The van der Waals surface area contributed by atoms with Crippen molar-refractivity contribution in [2.24, 2.45) is 5.92 Å². The van der Waals surface area contributed by atoms with E-state index >= 15 is 0 Å². The van der Waals surface area contributed by atoms with Gasteiger partial charge in [-0.05, 0) is 30.0 Å². The summed E-state index contributed by atoms with van der Waals surface area (Å²) < 4.78 is 16.6. The number of rotatable bonds is 4. The molecule has 1 nitrogen and oxygen atoms in total. The van der Waals surface area contributed by atoms with Gasteiger partial charge >= 0.3 is 0 Å². The van der Waals surface area contributed by atoms with Gasteiger partial charge in [0, 0.05) is 0 Å². The molecule has 0 radical (unpaired) electrons. The minimum absolute atomic E-state index is 0.612. The van der Waals surface area contributed by atoms with E-state index in [4.69, 9.17) is 4.74 Å². The second kappa shape index (κ2) is 4.85. The van der Waals surface area contributed by atoms with Crippen LogP contribution in [0.2, 0.25) is 0 Å². The van der Waals surface area contributed by atoms with E-state index in [0.29, 0.717) is 11.7 Å². The predicted octanol–water partition coefficient (Wildman–Crippen LogP) is 3.19. The molecule has 1 rings (SSSR count). The third-order valence-electron chi connectivity index (χ3n) is 1.76. The summed E-state index contributed by atoms with van der Waals surface area (Å²) in [6.45, 7) is 3.55. The van der Waals surface area contributed by atoms with Crippen molar-refractivity contribution < 1.29 is 9.13 Å². The summed E-state index contributed by atoms with van der Waals surface area (Å²) in [6.07, 6.45) is 1.00. The molecule has 0 N–H and O–H groups in total. The molecule has 0 saturated carbocycles. The van der Waals surface area contributed by atoms with Crippen molar-refractivity contribution in [1.82, 2.24) is 0 Å². The molecule has 0 heterocycles. The second-order valence-corrected chi connectivity index (χ2v) is 3.50. The highest BCUT2D eigenvalue weighted by molar-refractivity contribution is 5.28. The molecule has 0 spiro atoms. The Morgan fingerprint density at radius 2 is 2.15 bits per heavy atom. The van der Waals surface area contributed by atoms with E-state index in [-0.39, 0.29) is 0 Å². The highest BCUT2D eigenvalue weighted by Gasteiger charge is 1.99. The molecule has 0 bridgehead atoms. The molecule has 13 heavy (non-hydrogen) atoms. The van der Waals surface area contributed by atoms with Gasteiger partial charge in [-0.25, -0.2) is 4.39 Å². The van der Waals surface area contributed by atoms with Crippen molar-refractivity contribution in [3.8, 4) is 5.75 Å². The Bertz CT molecular complexity index is 258. The number of ether oxygens (including phenoxy) is 1. The third-order valence-corrected chi connectivity index (χ3v) is 1.76. The molecular formula is C11H15FO. The number of hydrogen-bond acceptors (Lipinski definition) is 1. The van der Waals surface area contributed by atoms with Gasteiger partial charge in [0.2, 0.25) is 6.86 Å². The van der Waals surface area contributed by atoms with E-state index in [1.54, 1.807) is 6.07 Å². The van der Waals surface area contributed by atoms with Crippen LogP contribution in [0.25, 0.3) is 0 Å². The van der Waals surface area contributed by atoms with Crippen molar-refractivity contribution in [3.05, 3.63) is 29.8 Å². The second-order valence-electron chi connectivity index (χ2n) is 3.50. The van der Waals surface area contributed by atoms with E-state index in [1.807, 2.05) is 18.2 Å². The number of halogens is 1. The first-order chi connectivity index (χ1) is 6.22. The van der Waals surface area contributed by atoms with Crippen LogP contribution in [0.3, 0.4) is 0 Å². The SMILES string of the molecule is CC(C)Cc1cccc(OCF)c1. The standard InChI is InChI=1S/C11H15FO/c1-9(2)6-10-4-3-5-11(7-10)13-8-12/h3-5,7,9H,6,8H2,1-2H3. The molecule has 0 atom stereocenters. The molecule has 0 aliphatic carbocycles. The normalized spacial score (nSPS) is 10.5. The number of hydrogen-bond donors (Lipinski definition) is 0. The molecule has 72 valence electrons. The molecule has 2 heteroatoms. The van der Waals surface area contributed by atoms with E-state index in [2.05, 4.69) is 13.8 Å². The molecule has 0 aromatic heterocycles. The predicted molar refractivity (Wildman–Crippen MR) is 51.6 cm³/mol. The Morgan fingerprint density at radius 3 is 2.77 bits per heavy atom. The highest BCUT2D eigenvalue weighted by atomic mass is 19.1. The maximum Gasteiger partial charge on any atom is 0.228 e. The summed E-state index contributed by atoms with van der Waals surface area (Å²) in [6, 6.07) is 7.58.